The SMILES string of the molecule is Cc1cc(C(=O)Cc2nccs2)c2ccccc2n1. The van der Waals surface area contributed by atoms with Crippen LogP contribution in [0, 0.1) is 6.92 Å². The summed E-state index contributed by atoms with van der Waals surface area (Å²) in [6.45, 7) is 1.91. The van der Waals surface area contributed by atoms with E-state index in [0.717, 1.165) is 27.2 Å². The number of hydrogen-bond acceptors (Lipinski definition) is 4. The third-order valence-electron chi connectivity index (χ3n) is 2.94. The Hall–Kier alpha value is -2.07. The largest absolute Gasteiger partial charge is 0.294 e. The number of para-hydroxylation sites is 1. The molecule has 0 atom stereocenters. The smallest absolute Gasteiger partial charge is 0.170 e. The predicted octanol–water partition coefficient (Wildman–Crippen LogP) is 3.43. The molecule has 0 aliphatic carbocycles. The highest BCUT2D eigenvalue weighted by Crippen LogP contribution is 2.20. The number of Topliss-reactive ketones (excluding diaryl/α,β-unsaturated/α-hetero) is 1. The summed E-state index contributed by atoms with van der Waals surface area (Å²) >= 11 is 1.51. The Labute approximate surface area is 115 Å². The van der Waals surface area contributed by atoms with Crippen LogP contribution in [0.5, 0.6) is 0 Å². The van der Waals surface area contributed by atoms with E-state index in [-0.39, 0.29) is 5.78 Å². The van der Waals surface area contributed by atoms with E-state index in [0.29, 0.717) is 6.42 Å². The standard InChI is InChI=1S/C15H12N2OS/c1-10-8-12(11-4-2-3-5-13(11)17-10)14(18)9-15-16-6-7-19-15/h2-8H,9H2,1H3. The van der Waals surface area contributed by atoms with Crippen molar-refractivity contribution in [1.82, 2.24) is 9.97 Å². The Bertz CT molecular complexity index is 735. The van der Waals surface area contributed by atoms with Gasteiger partial charge in [0, 0.05) is 28.2 Å². The van der Waals surface area contributed by atoms with Crippen LogP contribution in [0.3, 0.4) is 0 Å². The summed E-state index contributed by atoms with van der Waals surface area (Å²) < 4.78 is 0. The number of nitrogens with zero attached hydrogens (tertiary/aromatic N) is 2. The minimum atomic E-state index is 0.0941. The lowest BCUT2D eigenvalue weighted by atomic mass is 10.0. The zero-order valence-electron chi connectivity index (χ0n) is 10.5. The van der Waals surface area contributed by atoms with Crippen molar-refractivity contribution in [3.05, 3.63) is 58.2 Å². The van der Waals surface area contributed by atoms with E-state index < -0.39 is 0 Å². The molecule has 2 aromatic heterocycles. The Balaban J connectivity index is 2.06. The van der Waals surface area contributed by atoms with Gasteiger partial charge in [-0.2, -0.15) is 0 Å². The van der Waals surface area contributed by atoms with Gasteiger partial charge in [0.25, 0.3) is 0 Å². The van der Waals surface area contributed by atoms with Crippen molar-refractivity contribution in [2.24, 2.45) is 0 Å². The van der Waals surface area contributed by atoms with Gasteiger partial charge in [-0.05, 0) is 19.1 Å². The molecule has 0 N–H and O–H groups in total. The van der Waals surface area contributed by atoms with E-state index in [9.17, 15) is 4.79 Å². The number of rotatable bonds is 3. The van der Waals surface area contributed by atoms with Gasteiger partial charge in [-0.25, -0.2) is 4.98 Å². The van der Waals surface area contributed by atoms with Crippen LogP contribution in [0.2, 0.25) is 0 Å². The molecule has 1 aromatic carbocycles. The first-order valence-electron chi connectivity index (χ1n) is 6.02. The fourth-order valence-corrected chi connectivity index (χ4v) is 2.73. The van der Waals surface area contributed by atoms with E-state index in [1.807, 2.05) is 42.6 Å². The number of benzene rings is 1. The number of fused-ring (bicyclic) bond motifs is 1. The summed E-state index contributed by atoms with van der Waals surface area (Å²) in [4.78, 5) is 21.0. The molecule has 0 saturated heterocycles. The Morgan fingerprint density at radius 1 is 1.32 bits per heavy atom. The number of carbonyl (C=O) groups excluding carboxylic acids is 1. The van der Waals surface area contributed by atoms with Gasteiger partial charge in [0.05, 0.1) is 11.9 Å². The molecule has 0 radical (unpaired) electrons. The molecule has 19 heavy (non-hydrogen) atoms. The normalized spacial score (nSPS) is 10.8. The molecule has 0 unspecified atom stereocenters. The van der Waals surface area contributed by atoms with Gasteiger partial charge in [-0.3, -0.25) is 9.78 Å². The molecule has 0 saturated carbocycles. The highest BCUT2D eigenvalue weighted by molar-refractivity contribution is 7.09. The molecule has 0 aliphatic heterocycles. The summed E-state index contributed by atoms with van der Waals surface area (Å²) in [7, 11) is 0. The second-order valence-corrected chi connectivity index (χ2v) is 5.33. The lowest BCUT2D eigenvalue weighted by Crippen LogP contribution is -2.05. The van der Waals surface area contributed by atoms with Gasteiger partial charge < -0.3 is 0 Å². The lowest BCUT2D eigenvalue weighted by Gasteiger charge is -2.06. The summed E-state index contributed by atoms with van der Waals surface area (Å²) in [5.74, 6) is 0.0941. The highest BCUT2D eigenvalue weighted by Gasteiger charge is 2.13. The number of aryl methyl sites for hydroxylation is 1. The van der Waals surface area contributed by atoms with E-state index in [1.54, 1.807) is 6.20 Å². The van der Waals surface area contributed by atoms with Crippen molar-refractivity contribution in [2.75, 3.05) is 0 Å². The summed E-state index contributed by atoms with van der Waals surface area (Å²) in [6, 6.07) is 9.60. The monoisotopic (exact) mass is 268 g/mol. The van der Waals surface area contributed by atoms with E-state index in [1.165, 1.54) is 11.3 Å². The average Bonchev–Trinajstić information content (AvgIpc) is 2.90. The molecule has 94 valence electrons. The summed E-state index contributed by atoms with van der Waals surface area (Å²) in [6.07, 6.45) is 2.08. The number of aromatic nitrogens is 2. The molecule has 0 aliphatic rings. The fraction of sp³-hybridized carbons (Fsp3) is 0.133. The van der Waals surface area contributed by atoms with Crippen molar-refractivity contribution in [2.45, 2.75) is 13.3 Å². The third kappa shape index (κ3) is 2.39. The molecule has 0 bridgehead atoms. The Morgan fingerprint density at radius 3 is 2.95 bits per heavy atom. The zero-order chi connectivity index (χ0) is 13.2. The summed E-state index contributed by atoms with van der Waals surface area (Å²) in [5, 5.41) is 3.65. The van der Waals surface area contributed by atoms with Crippen LogP contribution in [-0.4, -0.2) is 15.8 Å². The van der Waals surface area contributed by atoms with Crippen LogP contribution in [0.25, 0.3) is 10.9 Å². The van der Waals surface area contributed by atoms with Crippen molar-refractivity contribution in [3.8, 4) is 0 Å². The van der Waals surface area contributed by atoms with Crippen LogP contribution in [0.1, 0.15) is 21.1 Å². The quantitative estimate of drug-likeness (QED) is 0.683. The number of ketones is 1. The zero-order valence-corrected chi connectivity index (χ0v) is 11.3. The third-order valence-corrected chi connectivity index (χ3v) is 3.72. The van der Waals surface area contributed by atoms with E-state index in [2.05, 4.69) is 9.97 Å². The second kappa shape index (κ2) is 4.90. The Kier molecular flexibility index (Phi) is 3.09. The molecule has 3 aromatic rings. The van der Waals surface area contributed by atoms with Gasteiger partial charge in [0.1, 0.15) is 5.01 Å². The maximum Gasteiger partial charge on any atom is 0.170 e. The van der Waals surface area contributed by atoms with Crippen LogP contribution in [0.4, 0.5) is 0 Å². The van der Waals surface area contributed by atoms with Crippen molar-refractivity contribution in [1.29, 1.82) is 0 Å². The molecule has 2 heterocycles. The number of pyridine rings is 1. The van der Waals surface area contributed by atoms with Crippen molar-refractivity contribution < 1.29 is 4.79 Å². The first kappa shape index (κ1) is 12.0. The number of carbonyl (C=O) groups is 1. The average molecular weight is 268 g/mol. The van der Waals surface area contributed by atoms with Crippen LogP contribution >= 0.6 is 11.3 Å². The van der Waals surface area contributed by atoms with Gasteiger partial charge in [-0.1, -0.05) is 18.2 Å². The molecule has 0 spiro atoms. The van der Waals surface area contributed by atoms with Crippen LogP contribution in [0.15, 0.2) is 41.9 Å². The minimum Gasteiger partial charge on any atom is -0.294 e. The molecular formula is C15H12N2OS. The van der Waals surface area contributed by atoms with E-state index in [4.69, 9.17) is 0 Å². The topological polar surface area (TPSA) is 42.9 Å². The van der Waals surface area contributed by atoms with Crippen LogP contribution < -0.4 is 0 Å². The maximum atomic E-state index is 12.4. The lowest BCUT2D eigenvalue weighted by molar-refractivity contribution is 0.0994. The first-order chi connectivity index (χ1) is 9.24. The maximum absolute atomic E-state index is 12.4. The fourth-order valence-electron chi connectivity index (χ4n) is 2.11. The van der Waals surface area contributed by atoms with Crippen molar-refractivity contribution in [3.63, 3.8) is 0 Å². The second-order valence-electron chi connectivity index (χ2n) is 4.35. The molecule has 3 nitrogen and oxygen atoms in total. The number of thiazole rings is 1. The van der Waals surface area contributed by atoms with Gasteiger partial charge >= 0.3 is 0 Å². The molecule has 0 amide bonds. The van der Waals surface area contributed by atoms with Crippen LogP contribution in [-0.2, 0) is 6.42 Å². The minimum absolute atomic E-state index is 0.0941. The van der Waals surface area contributed by atoms with Crippen molar-refractivity contribution >= 4 is 28.0 Å². The molecule has 0 fully saturated rings. The summed E-state index contributed by atoms with van der Waals surface area (Å²) in [5.41, 5.74) is 2.46. The first-order valence-corrected chi connectivity index (χ1v) is 6.90. The Morgan fingerprint density at radius 2 is 2.16 bits per heavy atom. The molecule has 3 rings (SSSR count). The van der Waals surface area contributed by atoms with Gasteiger partial charge in [-0.15, -0.1) is 11.3 Å². The molecule has 4 heteroatoms. The van der Waals surface area contributed by atoms with E-state index >= 15 is 0 Å². The van der Waals surface area contributed by atoms with Gasteiger partial charge in [0.2, 0.25) is 0 Å². The highest BCUT2D eigenvalue weighted by atomic mass is 32.1. The molecular weight excluding hydrogens is 256 g/mol. The van der Waals surface area contributed by atoms with Gasteiger partial charge in [0.15, 0.2) is 5.78 Å². The predicted molar refractivity (Wildman–Crippen MR) is 76.6 cm³/mol. The number of hydrogen-bond donors (Lipinski definition) is 0.